The van der Waals surface area contributed by atoms with Gasteiger partial charge in [0.05, 0.1) is 10.8 Å². The number of hydrogen-bond acceptors (Lipinski definition) is 1. The molecule has 2 aliphatic rings. The van der Waals surface area contributed by atoms with Crippen LogP contribution in [0.1, 0.15) is 33.6 Å². The van der Waals surface area contributed by atoms with Gasteiger partial charge in [0.25, 0.3) is 0 Å². The molecule has 0 saturated carbocycles. The number of Topliss-reactive ketones (excluding diaryl/α,β-unsaturated/α-hetero) is 1. The van der Waals surface area contributed by atoms with Gasteiger partial charge in [-0.25, -0.2) is 0 Å². The lowest BCUT2D eigenvalue weighted by Crippen LogP contribution is -2.26. The Morgan fingerprint density at radius 1 is 1.44 bits per heavy atom. The molecule has 0 heterocycles. The maximum atomic E-state index is 12.3. The second-order valence-electron chi connectivity index (χ2n) is 5.01. The van der Waals surface area contributed by atoms with Crippen LogP contribution in [0.5, 0.6) is 0 Å². The molecule has 0 aromatic rings. The van der Waals surface area contributed by atoms with E-state index in [0.29, 0.717) is 0 Å². The van der Waals surface area contributed by atoms with Crippen molar-refractivity contribution in [2.75, 3.05) is 0 Å². The van der Waals surface area contributed by atoms with E-state index in [0.717, 1.165) is 24.0 Å². The highest BCUT2D eigenvalue weighted by Crippen LogP contribution is 2.45. The highest BCUT2D eigenvalue weighted by atomic mass is 35.5. The SMILES string of the molecule is CC1=C(C)C(=O)C(C)(C2=CCC(Cl)C=C2)C1. The Bertz CT molecular complexity index is 428. The van der Waals surface area contributed by atoms with Gasteiger partial charge in [-0.3, -0.25) is 4.79 Å². The molecule has 2 atom stereocenters. The van der Waals surface area contributed by atoms with Crippen LogP contribution in [0.4, 0.5) is 0 Å². The zero-order chi connectivity index (χ0) is 11.9. The summed E-state index contributed by atoms with van der Waals surface area (Å²) >= 11 is 6.00. The third kappa shape index (κ3) is 1.67. The average Bonchev–Trinajstić information content (AvgIpc) is 2.45. The van der Waals surface area contributed by atoms with Gasteiger partial charge >= 0.3 is 0 Å². The van der Waals surface area contributed by atoms with Crippen molar-refractivity contribution in [1.29, 1.82) is 0 Å². The summed E-state index contributed by atoms with van der Waals surface area (Å²) in [4.78, 5) is 12.3. The molecule has 0 aliphatic heterocycles. The number of alkyl halides is 1. The predicted molar refractivity (Wildman–Crippen MR) is 67.6 cm³/mol. The topological polar surface area (TPSA) is 17.1 Å². The predicted octanol–water partition coefficient (Wildman–Crippen LogP) is 3.80. The number of allylic oxidation sites excluding steroid dienone is 6. The molecule has 0 amide bonds. The average molecular weight is 237 g/mol. The Kier molecular flexibility index (Phi) is 2.83. The number of ketones is 1. The second-order valence-corrected chi connectivity index (χ2v) is 5.57. The number of halogens is 1. The van der Waals surface area contributed by atoms with Gasteiger partial charge in [0, 0.05) is 0 Å². The molecule has 2 unspecified atom stereocenters. The maximum absolute atomic E-state index is 12.3. The summed E-state index contributed by atoms with van der Waals surface area (Å²) in [5.41, 5.74) is 2.94. The molecule has 0 bridgehead atoms. The zero-order valence-electron chi connectivity index (χ0n) is 10.0. The number of hydrogen-bond donors (Lipinski definition) is 0. The summed E-state index contributed by atoms with van der Waals surface area (Å²) in [5.74, 6) is 0.272. The Morgan fingerprint density at radius 3 is 2.56 bits per heavy atom. The molecule has 2 rings (SSSR count). The van der Waals surface area contributed by atoms with E-state index in [1.807, 2.05) is 26.0 Å². The first kappa shape index (κ1) is 11.7. The summed E-state index contributed by atoms with van der Waals surface area (Å²) in [6, 6.07) is 0. The van der Waals surface area contributed by atoms with E-state index >= 15 is 0 Å². The fourth-order valence-corrected chi connectivity index (χ4v) is 2.75. The summed E-state index contributed by atoms with van der Waals surface area (Å²) in [6.07, 6.45) is 7.79. The second kappa shape index (κ2) is 3.89. The fraction of sp³-hybridized carbons (Fsp3) is 0.500. The standard InChI is InChI=1S/C14H17ClO/c1-9-8-14(3,13(16)10(9)2)11-4-6-12(15)7-5-11/h4-6,12H,7-8H2,1-3H3. The molecule has 0 N–H and O–H groups in total. The van der Waals surface area contributed by atoms with E-state index in [1.165, 1.54) is 5.57 Å². The highest BCUT2D eigenvalue weighted by molar-refractivity contribution is 6.22. The van der Waals surface area contributed by atoms with Crippen molar-refractivity contribution in [3.63, 3.8) is 0 Å². The minimum absolute atomic E-state index is 0.0824. The van der Waals surface area contributed by atoms with Crippen molar-refractivity contribution in [1.82, 2.24) is 0 Å². The molecule has 1 nitrogen and oxygen atoms in total. The van der Waals surface area contributed by atoms with Crippen LogP contribution in [-0.4, -0.2) is 11.2 Å². The van der Waals surface area contributed by atoms with Crippen LogP contribution in [0.2, 0.25) is 0 Å². The molecule has 0 aromatic carbocycles. The van der Waals surface area contributed by atoms with E-state index in [9.17, 15) is 4.79 Å². The summed E-state index contributed by atoms with van der Waals surface area (Å²) in [7, 11) is 0. The lowest BCUT2D eigenvalue weighted by molar-refractivity contribution is -0.121. The molecule has 2 aliphatic carbocycles. The third-order valence-electron chi connectivity index (χ3n) is 3.79. The number of rotatable bonds is 1. The van der Waals surface area contributed by atoms with E-state index in [2.05, 4.69) is 13.0 Å². The molecular weight excluding hydrogens is 220 g/mol. The Hall–Kier alpha value is -0.820. The van der Waals surface area contributed by atoms with Crippen molar-refractivity contribution in [2.45, 2.75) is 39.0 Å². The van der Waals surface area contributed by atoms with Gasteiger partial charge in [-0.05, 0) is 44.8 Å². The first-order valence-electron chi connectivity index (χ1n) is 5.69. The molecule has 0 radical (unpaired) electrons. The van der Waals surface area contributed by atoms with Gasteiger partial charge in [-0.2, -0.15) is 0 Å². The van der Waals surface area contributed by atoms with Crippen LogP contribution in [0, 0.1) is 5.41 Å². The monoisotopic (exact) mass is 236 g/mol. The highest BCUT2D eigenvalue weighted by Gasteiger charge is 2.42. The lowest BCUT2D eigenvalue weighted by Gasteiger charge is -2.27. The van der Waals surface area contributed by atoms with Crippen LogP contribution in [0.25, 0.3) is 0 Å². The molecular formula is C14H17ClO. The maximum Gasteiger partial charge on any atom is 0.169 e. The van der Waals surface area contributed by atoms with Crippen LogP contribution < -0.4 is 0 Å². The zero-order valence-corrected chi connectivity index (χ0v) is 10.8. The van der Waals surface area contributed by atoms with E-state index in [4.69, 9.17) is 11.6 Å². The van der Waals surface area contributed by atoms with Crippen molar-refractivity contribution in [3.8, 4) is 0 Å². The quantitative estimate of drug-likeness (QED) is 0.633. The van der Waals surface area contributed by atoms with Crippen molar-refractivity contribution < 1.29 is 4.79 Å². The van der Waals surface area contributed by atoms with Gasteiger partial charge < -0.3 is 0 Å². The lowest BCUT2D eigenvalue weighted by atomic mass is 9.76. The molecule has 0 spiro atoms. The summed E-state index contributed by atoms with van der Waals surface area (Å²) in [5, 5.41) is 0.0824. The first-order valence-corrected chi connectivity index (χ1v) is 6.13. The van der Waals surface area contributed by atoms with E-state index in [1.54, 1.807) is 0 Å². The van der Waals surface area contributed by atoms with Crippen LogP contribution in [-0.2, 0) is 4.79 Å². The van der Waals surface area contributed by atoms with Crippen LogP contribution in [0.15, 0.2) is 34.9 Å². The van der Waals surface area contributed by atoms with E-state index in [-0.39, 0.29) is 16.6 Å². The van der Waals surface area contributed by atoms with Crippen molar-refractivity contribution >= 4 is 17.4 Å². The molecule has 2 heteroatoms. The summed E-state index contributed by atoms with van der Waals surface area (Å²) in [6.45, 7) is 6.02. The van der Waals surface area contributed by atoms with Crippen molar-refractivity contribution in [3.05, 3.63) is 34.9 Å². The minimum Gasteiger partial charge on any atom is -0.294 e. The molecule has 0 aromatic heterocycles. The van der Waals surface area contributed by atoms with Gasteiger partial charge in [0.1, 0.15) is 0 Å². The number of carbonyl (C=O) groups is 1. The van der Waals surface area contributed by atoms with Crippen molar-refractivity contribution in [2.24, 2.45) is 5.41 Å². The Morgan fingerprint density at radius 2 is 2.12 bits per heavy atom. The fourth-order valence-electron chi connectivity index (χ4n) is 2.59. The Balaban J connectivity index is 2.30. The molecule has 16 heavy (non-hydrogen) atoms. The first-order chi connectivity index (χ1) is 7.45. The third-order valence-corrected chi connectivity index (χ3v) is 4.11. The van der Waals surface area contributed by atoms with Gasteiger partial charge in [-0.15, -0.1) is 11.6 Å². The van der Waals surface area contributed by atoms with Gasteiger partial charge in [0.2, 0.25) is 0 Å². The normalized spacial score (nSPS) is 34.6. The molecule has 86 valence electrons. The largest absolute Gasteiger partial charge is 0.294 e. The van der Waals surface area contributed by atoms with E-state index < -0.39 is 0 Å². The van der Waals surface area contributed by atoms with Gasteiger partial charge in [-0.1, -0.05) is 23.8 Å². The molecule has 0 fully saturated rings. The van der Waals surface area contributed by atoms with Crippen LogP contribution in [0.3, 0.4) is 0 Å². The smallest absolute Gasteiger partial charge is 0.169 e. The summed E-state index contributed by atoms with van der Waals surface area (Å²) < 4.78 is 0. The Labute approximate surface area is 102 Å². The number of carbonyl (C=O) groups excluding carboxylic acids is 1. The molecule has 0 saturated heterocycles. The minimum atomic E-state index is -0.346. The van der Waals surface area contributed by atoms with Gasteiger partial charge in [0.15, 0.2) is 5.78 Å². The van der Waals surface area contributed by atoms with Crippen LogP contribution >= 0.6 is 11.6 Å².